The van der Waals surface area contributed by atoms with E-state index in [0.29, 0.717) is 5.56 Å². The molecule has 0 unspecified atom stereocenters. The molecule has 0 spiro atoms. The van der Waals surface area contributed by atoms with Crippen LogP contribution in [0.25, 0.3) is 22.3 Å². The van der Waals surface area contributed by atoms with Crippen molar-refractivity contribution in [2.75, 3.05) is 0 Å². The first-order chi connectivity index (χ1) is 9.15. The highest BCUT2D eigenvalue weighted by molar-refractivity contribution is 5.95. The van der Waals surface area contributed by atoms with Crippen LogP contribution >= 0.6 is 0 Å². The molecule has 0 saturated heterocycles. The van der Waals surface area contributed by atoms with Gasteiger partial charge in [0, 0.05) is 17.3 Å². The van der Waals surface area contributed by atoms with Gasteiger partial charge in [0.2, 0.25) is 0 Å². The first kappa shape index (κ1) is 11.6. The molecule has 0 bridgehead atoms. The first-order valence-corrected chi connectivity index (χ1v) is 6.08. The number of ketones is 1. The molecular formula is C15H13N3O. The zero-order valence-electron chi connectivity index (χ0n) is 10.8. The number of benzene rings is 1. The van der Waals surface area contributed by atoms with Crippen molar-refractivity contribution in [3.63, 3.8) is 0 Å². The van der Waals surface area contributed by atoms with E-state index < -0.39 is 0 Å². The quantitative estimate of drug-likeness (QED) is 0.712. The van der Waals surface area contributed by atoms with Gasteiger partial charge in [0.05, 0.1) is 11.2 Å². The van der Waals surface area contributed by atoms with Crippen molar-refractivity contribution in [2.45, 2.75) is 13.8 Å². The van der Waals surface area contributed by atoms with Crippen molar-refractivity contribution in [2.24, 2.45) is 0 Å². The molecule has 2 aromatic heterocycles. The van der Waals surface area contributed by atoms with Gasteiger partial charge in [-0.25, -0.2) is 4.98 Å². The number of rotatable bonds is 2. The number of pyridine rings is 1. The fourth-order valence-corrected chi connectivity index (χ4v) is 2.13. The Morgan fingerprint density at radius 3 is 2.58 bits per heavy atom. The molecule has 0 amide bonds. The number of nitrogens with zero attached hydrogens (tertiary/aromatic N) is 2. The maximum atomic E-state index is 11.3. The largest absolute Gasteiger partial charge is 0.342 e. The summed E-state index contributed by atoms with van der Waals surface area (Å²) in [6, 6.07) is 9.35. The van der Waals surface area contributed by atoms with Crippen LogP contribution in [0, 0.1) is 6.92 Å². The summed E-state index contributed by atoms with van der Waals surface area (Å²) >= 11 is 0. The van der Waals surface area contributed by atoms with Crippen LogP contribution < -0.4 is 0 Å². The molecule has 0 aliphatic heterocycles. The third-order valence-electron chi connectivity index (χ3n) is 3.08. The van der Waals surface area contributed by atoms with E-state index in [9.17, 15) is 4.79 Å². The van der Waals surface area contributed by atoms with Crippen molar-refractivity contribution in [3.05, 3.63) is 47.9 Å². The Hall–Kier alpha value is -2.49. The van der Waals surface area contributed by atoms with Gasteiger partial charge < -0.3 is 4.98 Å². The average molecular weight is 251 g/mol. The molecule has 2 heterocycles. The third-order valence-corrected chi connectivity index (χ3v) is 3.08. The summed E-state index contributed by atoms with van der Waals surface area (Å²) in [6.07, 6.45) is 1.76. The molecular weight excluding hydrogens is 238 g/mol. The number of imidazole rings is 1. The molecule has 1 N–H and O–H groups in total. The number of fused-ring (bicyclic) bond motifs is 1. The summed E-state index contributed by atoms with van der Waals surface area (Å²) in [5.74, 6) is 0.929. The topological polar surface area (TPSA) is 58.6 Å². The minimum absolute atomic E-state index is 0.0633. The number of hydrogen-bond donors (Lipinski definition) is 1. The fourth-order valence-electron chi connectivity index (χ4n) is 2.13. The number of hydrogen-bond acceptors (Lipinski definition) is 3. The second kappa shape index (κ2) is 4.31. The van der Waals surface area contributed by atoms with Gasteiger partial charge in [0.15, 0.2) is 5.78 Å². The lowest BCUT2D eigenvalue weighted by atomic mass is 10.1. The van der Waals surface area contributed by atoms with Crippen molar-refractivity contribution >= 4 is 16.8 Å². The fraction of sp³-hybridized carbons (Fsp3) is 0.133. The van der Waals surface area contributed by atoms with Gasteiger partial charge >= 0.3 is 0 Å². The molecule has 3 aromatic rings. The first-order valence-electron chi connectivity index (χ1n) is 6.08. The minimum Gasteiger partial charge on any atom is -0.342 e. The maximum Gasteiger partial charge on any atom is 0.159 e. The summed E-state index contributed by atoms with van der Waals surface area (Å²) < 4.78 is 0. The summed E-state index contributed by atoms with van der Waals surface area (Å²) in [6.45, 7) is 3.48. The van der Waals surface area contributed by atoms with Crippen molar-refractivity contribution in [1.29, 1.82) is 0 Å². The van der Waals surface area contributed by atoms with Crippen LogP contribution in [0.3, 0.4) is 0 Å². The van der Waals surface area contributed by atoms with Crippen molar-refractivity contribution in [1.82, 2.24) is 15.0 Å². The number of Topliss-reactive ketones (excluding diaryl/α,β-unsaturated/α-hetero) is 1. The summed E-state index contributed by atoms with van der Waals surface area (Å²) in [4.78, 5) is 23.3. The molecule has 0 aliphatic rings. The molecule has 3 rings (SSSR count). The zero-order valence-corrected chi connectivity index (χ0v) is 10.8. The van der Waals surface area contributed by atoms with Crippen LogP contribution in [-0.2, 0) is 0 Å². The summed E-state index contributed by atoms with van der Waals surface area (Å²) in [7, 11) is 0. The maximum absolute atomic E-state index is 11.3. The Labute approximate surface area is 110 Å². The highest BCUT2D eigenvalue weighted by atomic mass is 16.1. The van der Waals surface area contributed by atoms with Gasteiger partial charge in [-0.3, -0.25) is 9.78 Å². The van der Waals surface area contributed by atoms with E-state index in [2.05, 4.69) is 15.0 Å². The van der Waals surface area contributed by atoms with E-state index in [0.717, 1.165) is 28.1 Å². The zero-order chi connectivity index (χ0) is 13.4. The Morgan fingerprint density at radius 1 is 1.16 bits per heavy atom. The standard InChI is InChI=1S/C15H13N3O/c1-9(19)11-3-5-12(6-4-11)14-15-13(7-8-16-14)17-10(2)18-15/h3-8H,1-2H3,(H,17,18). The normalized spacial score (nSPS) is 10.8. The van der Waals surface area contributed by atoms with E-state index in [1.165, 1.54) is 0 Å². The van der Waals surface area contributed by atoms with Gasteiger partial charge in [-0.15, -0.1) is 0 Å². The lowest BCUT2D eigenvalue weighted by Gasteiger charge is -2.02. The molecule has 94 valence electrons. The van der Waals surface area contributed by atoms with E-state index >= 15 is 0 Å². The highest BCUT2D eigenvalue weighted by Gasteiger charge is 2.09. The Morgan fingerprint density at radius 2 is 1.89 bits per heavy atom. The van der Waals surface area contributed by atoms with Gasteiger partial charge in [0.1, 0.15) is 11.3 Å². The van der Waals surface area contributed by atoms with Gasteiger partial charge in [-0.2, -0.15) is 0 Å². The summed E-state index contributed by atoms with van der Waals surface area (Å²) in [5.41, 5.74) is 4.32. The number of H-pyrrole nitrogens is 1. The van der Waals surface area contributed by atoms with Crippen LogP contribution in [0.2, 0.25) is 0 Å². The lowest BCUT2D eigenvalue weighted by molar-refractivity contribution is 0.101. The van der Waals surface area contributed by atoms with Crippen LogP contribution in [0.15, 0.2) is 36.5 Å². The number of aromatic nitrogens is 3. The lowest BCUT2D eigenvalue weighted by Crippen LogP contribution is -1.92. The molecule has 0 radical (unpaired) electrons. The number of nitrogens with one attached hydrogen (secondary N) is 1. The minimum atomic E-state index is 0.0633. The van der Waals surface area contributed by atoms with Gasteiger partial charge in [-0.1, -0.05) is 24.3 Å². The molecule has 0 fully saturated rings. The van der Waals surface area contributed by atoms with Crippen molar-refractivity contribution in [3.8, 4) is 11.3 Å². The predicted octanol–water partition coefficient (Wildman–Crippen LogP) is 3.14. The molecule has 4 heteroatoms. The second-order valence-electron chi connectivity index (χ2n) is 4.51. The average Bonchev–Trinajstić information content (AvgIpc) is 2.78. The van der Waals surface area contributed by atoms with Crippen LogP contribution in [0.4, 0.5) is 0 Å². The molecule has 0 aliphatic carbocycles. The molecule has 19 heavy (non-hydrogen) atoms. The highest BCUT2D eigenvalue weighted by Crippen LogP contribution is 2.25. The van der Waals surface area contributed by atoms with Crippen LogP contribution in [-0.4, -0.2) is 20.7 Å². The summed E-state index contributed by atoms with van der Waals surface area (Å²) in [5, 5.41) is 0. The van der Waals surface area contributed by atoms with Gasteiger partial charge in [-0.05, 0) is 19.9 Å². The van der Waals surface area contributed by atoms with E-state index in [4.69, 9.17) is 0 Å². The van der Waals surface area contributed by atoms with E-state index in [-0.39, 0.29) is 5.78 Å². The van der Waals surface area contributed by atoms with Crippen LogP contribution in [0.1, 0.15) is 23.1 Å². The third kappa shape index (κ3) is 2.01. The molecule has 1 aromatic carbocycles. The number of aryl methyl sites for hydroxylation is 1. The monoisotopic (exact) mass is 251 g/mol. The predicted molar refractivity (Wildman–Crippen MR) is 74.1 cm³/mol. The molecule has 4 nitrogen and oxygen atoms in total. The van der Waals surface area contributed by atoms with Gasteiger partial charge in [0.25, 0.3) is 0 Å². The second-order valence-corrected chi connectivity index (χ2v) is 4.51. The smallest absolute Gasteiger partial charge is 0.159 e. The van der Waals surface area contributed by atoms with Crippen LogP contribution in [0.5, 0.6) is 0 Å². The molecule has 0 saturated carbocycles. The Kier molecular flexibility index (Phi) is 2.63. The molecule has 0 atom stereocenters. The Balaban J connectivity index is 2.15. The number of aromatic amines is 1. The number of carbonyl (C=O) groups is 1. The van der Waals surface area contributed by atoms with Crippen molar-refractivity contribution < 1.29 is 4.79 Å². The number of carbonyl (C=O) groups excluding carboxylic acids is 1. The van der Waals surface area contributed by atoms with E-state index in [1.807, 2.05) is 37.3 Å². The Bertz CT molecular complexity index is 757. The SMILES string of the molecule is CC(=O)c1ccc(-c2nccc3[nH]c(C)nc23)cc1. The van der Waals surface area contributed by atoms with E-state index in [1.54, 1.807) is 13.1 Å².